The lowest BCUT2D eigenvalue weighted by Crippen LogP contribution is -2.40. The summed E-state index contributed by atoms with van der Waals surface area (Å²) in [6.07, 6.45) is 4.60. The van der Waals surface area contributed by atoms with E-state index in [1.54, 1.807) is 13.8 Å². The van der Waals surface area contributed by atoms with Crippen LogP contribution in [0.5, 0.6) is 5.75 Å². The van der Waals surface area contributed by atoms with Gasteiger partial charge in [-0.2, -0.15) is 0 Å². The van der Waals surface area contributed by atoms with Gasteiger partial charge in [-0.1, -0.05) is 13.8 Å². The van der Waals surface area contributed by atoms with Gasteiger partial charge in [0.25, 0.3) is 5.91 Å². The molecule has 5 nitrogen and oxygen atoms in total. The quantitative estimate of drug-likeness (QED) is 0.618. The highest BCUT2D eigenvalue weighted by Crippen LogP contribution is 2.19. The van der Waals surface area contributed by atoms with E-state index in [-0.39, 0.29) is 5.91 Å². The van der Waals surface area contributed by atoms with Crippen LogP contribution < -0.4 is 10.1 Å². The molecular weight excluding hydrogens is 340 g/mol. The van der Waals surface area contributed by atoms with E-state index >= 15 is 0 Å². The third kappa shape index (κ3) is 7.51. The van der Waals surface area contributed by atoms with Crippen LogP contribution in [0.2, 0.25) is 0 Å². The molecule has 5 heteroatoms. The van der Waals surface area contributed by atoms with Crippen LogP contribution in [0, 0.1) is 5.92 Å². The predicted molar refractivity (Wildman–Crippen MR) is 110 cm³/mol. The summed E-state index contributed by atoms with van der Waals surface area (Å²) in [5, 5.41) is 2.91. The van der Waals surface area contributed by atoms with E-state index in [9.17, 15) is 4.79 Å². The van der Waals surface area contributed by atoms with Crippen molar-refractivity contribution in [3.05, 3.63) is 24.3 Å². The summed E-state index contributed by atoms with van der Waals surface area (Å²) >= 11 is 0. The average molecular weight is 377 g/mol. The molecule has 0 spiro atoms. The van der Waals surface area contributed by atoms with Gasteiger partial charge >= 0.3 is 0 Å². The van der Waals surface area contributed by atoms with Crippen molar-refractivity contribution in [2.45, 2.75) is 59.0 Å². The first kappa shape index (κ1) is 21.7. The van der Waals surface area contributed by atoms with Crippen molar-refractivity contribution < 1.29 is 14.3 Å². The number of hydrogen-bond acceptors (Lipinski definition) is 4. The highest BCUT2D eigenvalue weighted by atomic mass is 16.5. The molecule has 1 aliphatic heterocycles. The van der Waals surface area contributed by atoms with Crippen molar-refractivity contribution >= 4 is 11.6 Å². The van der Waals surface area contributed by atoms with Gasteiger partial charge in [0, 0.05) is 25.4 Å². The zero-order valence-electron chi connectivity index (χ0n) is 17.4. The molecular formula is C22H36N2O3. The number of amides is 1. The third-order valence-electron chi connectivity index (χ3n) is 4.95. The number of hydrogen-bond donors (Lipinski definition) is 1. The first-order valence-electron chi connectivity index (χ1n) is 10.3. The molecule has 0 aliphatic carbocycles. The van der Waals surface area contributed by atoms with Crippen molar-refractivity contribution in [2.75, 3.05) is 38.2 Å². The van der Waals surface area contributed by atoms with E-state index in [2.05, 4.69) is 17.1 Å². The second-order valence-electron chi connectivity index (χ2n) is 8.09. The maximum absolute atomic E-state index is 12.3. The van der Waals surface area contributed by atoms with Crippen LogP contribution in [-0.4, -0.2) is 49.3 Å². The van der Waals surface area contributed by atoms with E-state index in [0.29, 0.717) is 13.2 Å². The Morgan fingerprint density at radius 3 is 2.67 bits per heavy atom. The van der Waals surface area contributed by atoms with Crippen LogP contribution in [0.25, 0.3) is 0 Å². The molecule has 1 fully saturated rings. The number of rotatable bonds is 10. The Kier molecular flexibility index (Phi) is 8.58. The van der Waals surface area contributed by atoms with Crippen LogP contribution >= 0.6 is 0 Å². The smallest absolute Gasteiger partial charge is 0.256 e. The molecule has 1 aromatic carbocycles. The van der Waals surface area contributed by atoms with Gasteiger partial charge in [0.2, 0.25) is 0 Å². The Labute approximate surface area is 164 Å². The van der Waals surface area contributed by atoms with E-state index in [0.717, 1.165) is 36.7 Å². The van der Waals surface area contributed by atoms with Gasteiger partial charge in [-0.05, 0) is 76.3 Å². The number of nitrogens with zero attached hydrogens (tertiary/aromatic N) is 1. The number of ether oxygens (including phenoxy) is 2. The molecule has 2 rings (SSSR count). The van der Waals surface area contributed by atoms with Crippen LogP contribution in [-0.2, 0) is 9.53 Å². The lowest BCUT2D eigenvalue weighted by atomic mass is 10.0. The summed E-state index contributed by atoms with van der Waals surface area (Å²) in [5.74, 6) is 1.52. The maximum atomic E-state index is 12.3. The number of benzene rings is 1. The molecule has 1 saturated heterocycles. The number of likely N-dealkylation sites (tertiary alicyclic amines) is 1. The second kappa shape index (κ2) is 10.7. The van der Waals surface area contributed by atoms with E-state index < -0.39 is 5.60 Å². The van der Waals surface area contributed by atoms with Gasteiger partial charge in [0.15, 0.2) is 0 Å². The number of piperidine rings is 1. The minimum absolute atomic E-state index is 0.139. The molecule has 152 valence electrons. The molecule has 0 saturated carbocycles. The molecule has 0 radical (unpaired) electrons. The first-order chi connectivity index (χ1) is 12.9. The third-order valence-corrected chi connectivity index (χ3v) is 4.95. The summed E-state index contributed by atoms with van der Waals surface area (Å²) in [6.45, 7) is 12.8. The molecule has 1 aromatic rings. The Bertz CT molecular complexity index is 571. The fraction of sp³-hybridized carbons (Fsp3) is 0.682. The second-order valence-corrected chi connectivity index (χ2v) is 8.09. The van der Waals surface area contributed by atoms with Crippen LogP contribution in [0.4, 0.5) is 5.69 Å². The van der Waals surface area contributed by atoms with Crippen molar-refractivity contribution in [1.29, 1.82) is 0 Å². The van der Waals surface area contributed by atoms with Gasteiger partial charge in [-0.3, -0.25) is 4.79 Å². The van der Waals surface area contributed by atoms with Gasteiger partial charge < -0.3 is 19.7 Å². The van der Waals surface area contributed by atoms with Crippen molar-refractivity contribution in [2.24, 2.45) is 5.92 Å². The minimum Gasteiger partial charge on any atom is -0.494 e. The topological polar surface area (TPSA) is 50.8 Å². The van der Waals surface area contributed by atoms with E-state index in [1.807, 2.05) is 31.2 Å². The van der Waals surface area contributed by atoms with Crippen molar-refractivity contribution in [3.8, 4) is 5.75 Å². The molecule has 1 unspecified atom stereocenters. The van der Waals surface area contributed by atoms with E-state index in [1.165, 1.54) is 25.9 Å². The SMILES string of the molecule is CCCOC(C)(C)C(=O)Nc1ccc(OCCCN2CCCC(C)C2)cc1. The average Bonchev–Trinajstić information content (AvgIpc) is 2.65. The van der Waals surface area contributed by atoms with Gasteiger partial charge in [-0.15, -0.1) is 0 Å². The normalized spacial score (nSPS) is 18.3. The lowest BCUT2D eigenvalue weighted by molar-refractivity contribution is -0.137. The summed E-state index contributed by atoms with van der Waals surface area (Å²) in [4.78, 5) is 14.9. The highest BCUT2D eigenvalue weighted by Gasteiger charge is 2.28. The van der Waals surface area contributed by atoms with Gasteiger partial charge in [-0.25, -0.2) is 0 Å². The Balaban J connectivity index is 1.70. The largest absolute Gasteiger partial charge is 0.494 e. The zero-order chi connectivity index (χ0) is 19.7. The molecule has 1 amide bonds. The number of carbonyl (C=O) groups excluding carboxylic acids is 1. The molecule has 1 aliphatic rings. The van der Waals surface area contributed by atoms with E-state index in [4.69, 9.17) is 9.47 Å². The van der Waals surface area contributed by atoms with Crippen LogP contribution in [0.1, 0.15) is 53.4 Å². The monoisotopic (exact) mass is 376 g/mol. The summed E-state index contributed by atoms with van der Waals surface area (Å²) in [5.41, 5.74) is -0.0836. The lowest BCUT2D eigenvalue weighted by Gasteiger charge is -2.30. The molecule has 1 N–H and O–H groups in total. The number of nitrogens with one attached hydrogen (secondary N) is 1. The fourth-order valence-corrected chi connectivity index (χ4v) is 3.31. The van der Waals surface area contributed by atoms with Crippen molar-refractivity contribution in [1.82, 2.24) is 4.90 Å². The van der Waals surface area contributed by atoms with Crippen LogP contribution in [0.15, 0.2) is 24.3 Å². The first-order valence-corrected chi connectivity index (χ1v) is 10.3. The Morgan fingerprint density at radius 1 is 1.26 bits per heavy atom. The summed E-state index contributed by atoms with van der Waals surface area (Å²) in [7, 11) is 0. The Hall–Kier alpha value is -1.59. The minimum atomic E-state index is -0.836. The molecule has 0 aromatic heterocycles. The maximum Gasteiger partial charge on any atom is 0.256 e. The predicted octanol–water partition coefficient (Wildman–Crippen LogP) is 4.33. The molecule has 1 atom stereocenters. The van der Waals surface area contributed by atoms with Gasteiger partial charge in [0.1, 0.15) is 11.4 Å². The number of anilines is 1. The van der Waals surface area contributed by atoms with Crippen molar-refractivity contribution in [3.63, 3.8) is 0 Å². The van der Waals surface area contributed by atoms with Crippen LogP contribution in [0.3, 0.4) is 0 Å². The fourth-order valence-electron chi connectivity index (χ4n) is 3.31. The molecule has 1 heterocycles. The zero-order valence-corrected chi connectivity index (χ0v) is 17.4. The Morgan fingerprint density at radius 2 is 2.00 bits per heavy atom. The van der Waals surface area contributed by atoms with Gasteiger partial charge in [0.05, 0.1) is 6.61 Å². The molecule has 27 heavy (non-hydrogen) atoms. The summed E-state index contributed by atoms with van der Waals surface area (Å²) < 4.78 is 11.5. The highest BCUT2D eigenvalue weighted by molar-refractivity contribution is 5.96. The number of carbonyl (C=O) groups is 1. The standard InChI is InChI=1S/C22H36N2O3/c1-5-15-27-22(3,4)21(25)23-19-9-11-20(12-10-19)26-16-7-14-24-13-6-8-18(2)17-24/h9-12,18H,5-8,13-17H2,1-4H3,(H,23,25). The summed E-state index contributed by atoms with van der Waals surface area (Å²) in [6, 6.07) is 7.54. The molecule has 0 bridgehead atoms.